The van der Waals surface area contributed by atoms with Crippen LogP contribution in [-0.4, -0.2) is 27.7 Å². The van der Waals surface area contributed by atoms with Crippen molar-refractivity contribution in [2.24, 2.45) is 0 Å². The third kappa shape index (κ3) is 3.12. The van der Waals surface area contributed by atoms with Crippen molar-refractivity contribution in [3.05, 3.63) is 29.8 Å². The monoisotopic (exact) mass is 188 g/mol. The Hall–Kier alpha value is -1.46. The molecule has 0 unspecified atom stereocenters. The van der Waals surface area contributed by atoms with Crippen LogP contribution < -0.4 is 10.2 Å². The smallest absolute Gasteiger partial charge is 0.0577 e. The van der Waals surface area contributed by atoms with Crippen LogP contribution in [0.3, 0.4) is 0 Å². The zero-order chi connectivity index (χ0) is 10.4. The minimum atomic E-state index is 0.728. The number of nitrogens with one attached hydrogen (secondary N) is 1. The summed E-state index contributed by atoms with van der Waals surface area (Å²) in [6, 6.07) is 8.21. The first-order valence-electron chi connectivity index (χ1n) is 4.65. The van der Waals surface area contributed by atoms with Gasteiger partial charge in [0.05, 0.1) is 6.54 Å². The Labute approximate surface area is 85.9 Å². The van der Waals surface area contributed by atoms with Crippen LogP contribution in [0.2, 0.25) is 0 Å². The summed E-state index contributed by atoms with van der Waals surface area (Å²) in [5.41, 5.74) is 2.24. The predicted molar refractivity (Wildman–Crippen MR) is 61.6 cm³/mol. The highest BCUT2D eigenvalue weighted by Gasteiger charge is 1.94. The van der Waals surface area contributed by atoms with E-state index in [2.05, 4.69) is 34.2 Å². The lowest BCUT2D eigenvalue weighted by Crippen LogP contribution is -2.08. The van der Waals surface area contributed by atoms with Crippen molar-refractivity contribution < 1.29 is 0 Å². The van der Waals surface area contributed by atoms with E-state index >= 15 is 0 Å². The van der Waals surface area contributed by atoms with E-state index in [-0.39, 0.29) is 0 Å². The topological polar surface area (TPSA) is 15.3 Å². The van der Waals surface area contributed by atoms with Crippen molar-refractivity contribution in [3.63, 3.8) is 0 Å². The standard InChI is InChI=1S/C12H16N2/c1-13-9-5-7-11-6-4-8-12(10-11)14(2)3/h4,6,8,10,13H,9H2,1-3H3. The molecule has 1 N–H and O–H groups in total. The molecule has 0 saturated heterocycles. The molecule has 1 aromatic carbocycles. The number of hydrogen-bond acceptors (Lipinski definition) is 2. The number of anilines is 1. The summed E-state index contributed by atoms with van der Waals surface area (Å²) < 4.78 is 0. The van der Waals surface area contributed by atoms with E-state index in [4.69, 9.17) is 0 Å². The lowest BCUT2D eigenvalue weighted by atomic mass is 10.2. The fourth-order valence-electron chi connectivity index (χ4n) is 1.10. The van der Waals surface area contributed by atoms with Gasteiger partial charge < -0.3 is 10.2 Å². The normalized spacial score (nSPS) is 9.07. The van der Waals surface area contributed by atoms with Gasteiger partial charge in [0.1, 0.15) is 0 Å². The van der Waals surface area contributed by atoms with Gasteiger partial charge in [0.15, 0.2) is 0 Å². The van der Waals surface area contributed by atoms with E-state index in [1.165, 1.54) is 5.69 Å². The molecule has 2 heteroatoms. The van der Waals surface area contributed by atoms with Gasteiger partial charge in [-0.25, -0.2) is 0 Å². The summed E-state index contributed by atoms with van der Waals surface area (Å²) in [4.78, 5) is 2.07. The van der Waals surface area contributed by atoms with Gasteiger partial charge in [0.25, 0.3) is 0 Å². The van der Waals surface area contributed by atoms with Gasteiger partial charge in [0, 0.05) is 25.3 Å². The van der Waals surface area contributed by atoms with Crippen LogP contribution in [0.4, 0.5) is 5.69 Å². The van der Waals surface area contributed by atoms with Gasteiger partial charge in [-0.3, -0.25) is 0 Å². The molecule has 0 amide bonds. The van der Waals surface area contributed by atoms with Gasteiger partial charge in [0.2, 0.25) is 0 Å². The summed E-state index contributed by atoms with van der Waals surface area (Å²) in [5.74, 6) is 6.14. The lowest BCUT2D eigenvalue weighted by molar-refractivity contribution is 0.938. The summed E-state index contributed by atoms with van der Waals surface area (Å²) in [7, 11) is 5.95. The maximum atomic E-state index is 3.10. The third-order valence-corrected chi connectivity index (χ3v) is 1.86. The van der Waals surface area contributed by atoms with Gasteiger partial charge >= 0.3 is 0 Å². The fourth-order valence-corrected chi connectivity index (χ4v) is 1.10. The zero-order valence-electron chi connectivity index (χ0n) is 8.96. The largest absolute Gasteiger partial charge is 0.378 e. The number of rotatable bonds is 2. The van der Waals surface area contributed by atoms with Gasteiger partial charge in [-0.2, -0.15) is 0 Å². The molecule has 0 spiro atoms. The highest BCUT2D eigenvalue weighted by atomic mass is 15.1. The second-order valence-electron chi connectivity index (χ2n) is 3.28. The second kappa shape index (κ2) is 5.31. The SMILES string of the molecule is CNCC#Cc1cccc(N(C)C)c1. The molecular formula is C12H16N2. The molecule has 0 aliphatic rings. The summed E-state index contributed by atoms with van der Waals surface area (Å²) in [6.07, 6.45) is 0. The Morgan fingerprint density at radius 3 is 2.79 bits per heavy atom. The molecule has 0 fully saturated rings. The van der Waals surface area contributed by atoms with E-state index in [0.717, 1.165) is 12.1 Å². The fraction of sp³-hybridized carbons (Fsp3) is 0.333. The molecule has 0 atom stereocenters. The minimum Gasteiger partial charge on any atom is -0.378 e. The van der Waals surface area contributed by atoms with Crippen molar-refractivity contribution >= 4 is 5.69 Å². The highest BCUT2D eigenvalue weighted by Crippen LogP contribution is 2.12. The summed E-state index contributed by atoms with van der Waals surface area (Å²) in [5, 5.41) is 2.99. The first kappa shape index (κ1) is 10.6. The summed E-state index contributed by atoms with van der Waals surface area (Å²) in [6.45, 7) is 0.728. The van der Waals surface area contributed by atoms with E-state index < -0.39 is 0 Å². The molecule has 0 saturated carbocycles. The second-order valence-corrected chi connectivity index (χ2v) is 3.28. The zero-order valence-corrected chi connectivity index (χ0v) is 8.96. The maximum Gasteiger partial charge on any atom is 0.0577 e. The van der Waals surface area contributed by atoms with Crippen LogP contribution in [-0.2, 0) is 0 Å². The molecule has 2 nitrogen and oxygen atoms in total. The molecule has 0 radical (unpaired) electrons. The Balaban J connectivity index is 2.80. The van der Waals surface area contributed by atoms with E-state index in [9.17, 15) is 0 Å². The van der Waals surface area contributed by atoms with Crippen LogP contribution >= 0.6 is 0 Å². The molecule has 1 aromatic rings. The van der Waals surface area contributed by atoms with Crippen LogP contribution in [0.1, 0.15) is 5.56 Å². The summed E-state index contributed by atoms with van der Waals surface area (Å²) >= 11 is 0. The van der Waals surface area contributed by atoms with Crippen molar-refractivity contribution in [3.8, 4) is 11.8 Å². The Morgan fingerprint density at radius 1 is 1.36 bits per heavy atom. The van der Waals surface area contributed by atoms with Crippen LogP contribution in [0.5, 0.6) is 0 Å². The van der Waals surface area contributed by atoms with Crippen LogP contribution in [0.25, 0.3) is 0 Å². The molecule has 0 aliphatic carbocycles. The average molecular weight is 188 g/mol. The molecule has 74 valence electrons. The van der Waals surface area contributed by atoms with Crippen molar-refractivity contribution in [2.45, 2.75) is 0 Å². The van der Waals surface area contributed by atoms with Crippen LogP contribution in [0, 0.1) is 11.8 Å². The molecule has 0 heterocycles. The van der Waals surface area contributed by atoms with E-state index in [0.29, 0.717) is 0 Å². The van der Waals surface area contributed by atoms with Crippen molar-refractivity contribution in [1.29, 1.82) is 0 Å². The van der Waals surface area contributed by atoms with Crippen molar-refractivity contribution in [1.82, 2.24) is 5.32 Å². The van der Waals surface area contributed by atoms with Gasteiger partial charge in [-0.15, -0.1) is 0 Å². The number of benzene rings is 1. The quantitative estimate of drug-likeness (QED) is 0.704. The minimum absolute atomic E-state index is 0.728. The molecule has 0 aromatic heterocycles. The highest BCUT2D eigenvalue weighted by molar-refractivity contribution is 5.51. The average Bonchev–Trinajstić information content (AvgIpc) is 2.19. The molecule has 0 aliphatic heterocycles. The number of hydrogen-bond donors (Lipinski definition) is 1. The number of nitrogens with zero attached hydrogens (tertiary/aromatic N) is 1. The third-order valence-electron chi connectivity index (χ3n) is 1.86. The molecule has 0 bridgehead atoms. The molecular weight excluding hydrogens is 172 g/mol. The Morgan fingerprint density at radius 2 is 2.14 bits per heavy atom. The Kier molecular flexibility index (Phi) is 4.03. The van der Waals surface area contributed by atoms with E-state index in [1.54, 1.807) is 0 Å². The molecule has 14 heavy (non-hydrogen) atoms. The first-order valence-corrected chi connectivity index (χ1v) is 4.65. The lowest BCUT2D eigenvalue weighted by Gasteiger charge is -2.11. The van der Waals surface area contributed by atoms with Crippen LogP contribution in [0.15, 0.2) is 24.3 Å². The van der Waals surface area contributed by atoms with Crippen molar-refractivity contribution in [2.75, 3.05) is 32.6 Å². The maximum absolute atomic E-state index is 3.10. The van der Waals surface area contributed by atoms with Gasteiger partial charge in [-0.1, -0.05) is 17.9 Å². The Bertz CT molecular complexity index is 345. The van der Waals surface area contributed by atoms with Gasteiger partial charge in [-0.05, 0) is 25.2 Å². The first-order chi connectivity index (χ1) is 6.74. The predicted octanol–water partition coefficient (Wildman–Crippen LogP) is 1.32. The molecule has 1 rings (SSSR count). The van der Waals surface area contributed by atoms with E-state index in [1.807, 2.05) is 33.3 Å².